The van der Waals surface area contributed by atoms with Crippen molar-refractivity contribution < 1.29 is 26.2 Å². The molecule has 0 aliphatic rings. The quantitative estimate of drug-likeness (QED) is 0.143. The Labute approximate surface area is 248 Å². The van der Waals surface area contributed by atoms with Gasteiger partial charge in [0.05, 0.1) is 0 Å². The smallest absolute Gasteiger partial charge is 0.343 e. The fourth-order valence-corrected chi connectivity index (χ4v) is 3.93. The van der Waals surface area contributed by atoms with Crippen LogP contribution in [-0.2, 0) is 26.2 Å². The fraction of sp³-hybridized carbons (Fsp3) is 0.229. The Morgan fingerprint density at radius 3 is 2.16 bits per heavy atom. The van der Waals surface area contributed by atoms with Crippen LogP contribution in [-0.4, -0.2) is 15.0 Å². The molecule has 0 nitrogen and oxygen atoms in total. The van der Waals surface area contributed by atoms with Gasteiger partial charge in [0, 0.05) is 0 Å². The second-order valence-corrected chi connectivity index (χ2v) is 10.3. The van der Waals surface area contributed by atoms with Crippen LogP contribution in [0.3, 0.4) is 0 Å². The average molecular weight is 582 g/mol. The number of hydrogen-bond donors (Lipinski definition) is 0. The second kappa shape index (κ2) is 19.0. The van der Waals surface area contributed by atoms with Crippen molar-refractivity contribution in [2.24, 2.45) is 0 Å². The first-order valence-corrected chi connectivity index (χ1v) is 13.7. The zero-order chi connectivity index (χ0) is 26.2. The molecule has 0 amide bonds. The molecular weight excluding hydrogens is 540 g/mol. The summed E-state index contributed by atoms with van der Waals surface area (Å²) >= 11 is 0. The van der Waals surface area contributed by atoms with Crippen LogP contribution in [0.4, 0.5) is 0 Å². The zero-order valence-electron chi connectivity index (χ0n) is 23.1. The van der Waals surface area contributed by atoms with Crippen molar-refractivity contribution >= 4 is 36.6 Å². The number of fused-ring (bicyclic) bond motifs is 2. The van der Waals surface area contributed by atoms with Gasteiger partial charge in [0.1, 0.15) is 0 Å². The number of rotatable bonds is 5. The van der Waals surface area contributed by atoms with Crippen molar-refractivity contribution in [2.45, 2.75) is 53.4 Å². The van der Waals surface area contributed by atoms with Crippen LogP contribution in [0.2, 0.25) is 0 Å². The van der Waals surface area contributed by atoms with Crippen molar-refractivity contribution in [1.82, 2.24) is 0 Å². The molecule has 0 unspecified atom stereocenters. The Morgan fingerprint density at radius 2 is 1.57 bits per heavy atom. The minimum absolute atomic E-state index is 0. The fourth-order valence-electron chi connectivity index (χ4n) is 3.73. The summed E-state index contributed by atoms with van der Waals surface area (Å²) in [6.45, 7) is 12.1. The molecule has 0 aliphatic heterocycles. The molecule has 0 saturated heterocycles. The van der Waals surface area contributed by atoms with Gasteiger partial charge in [-0.2, -0.15) is 38.0 Å². The number of benzene rings is 3. The van der Waals surface area contributed by atoms with E-state index in [0.717, 1.165) is 6.42 Å². The van der Waals surface area contributed by atoms with Gasteiger partial charge in [-0.25, -0.2) is 0 Å². The number of hydrogen-bond acceptors (Lipinski definition) is 0. The molecule has 0 heterocycles. The Bertz CT molecular complexity index is 1240. The number of unbranched alkanes of at least 4 members (excludes halogenated alkanes) is 2. The van der Waals surface area contributed by atoms with E-state index in [1.54, 1.807) is 5.17 Å². The van der Waals surface area contributed by atoms with Gasteiger partial charge in [0.2, 0.25) is 0 Å². The van der Waals surface area contributed by atoms with Gasteiger partial charge in [-0.05, 0) is 22.3 Å². The van der Waals surface area contributed by atoms with Crippen LogP contribution >= 0.6 is 0 Å². The minimum atomic E-state index is 0. The molecule has 0 radical (unpaired) electrons. The van der Waals surface area contributed by atoms with Crippen molar-refractivity contribution in [1.29, 1.82) is 0 Å². The van der Waals surface area contributed by atoms with Gasteiger partial charge in [0.15, 0.2) is 0 Å². The van der Waals surface area contributed by atoms with Crippen molar-refractivity contribution in [3.8, 4) is 11.1 Å². The van der Waals surface area contributed by atoms with Crippen LogP contribution in [0.5, 0.6) is 0 Å². The molecule has 5 aromatic carbocycles. The largest absolute Gasteiger partial charge is 4.00 e. The predicted octanol–water partition coefficient (Wildman–Crippen LogP) is 9.53. The normalized spacial score (nSPS) is 9.65. The van der Waals surface area contributed by atoms with Crippen LogP contribution in [0.15, 0.2) is 103 Å². The molecule has 0 aromatic heterocycles. The van der Waals surface area contributed by atoms with Crippen LogP contribution < -0.4 is 0 Å². The van der Waals surface area contributed by atoms with E-state index < -0.39 is 0 Å². The SMILES string of the molecule is C[CH-]CCC(C)=[SiH2].Cc1cc2ccccc2[cH-]1.[CH2-]CCC.[Zr+4].c1ccc(-c2cccc3[cH-]ccc23)cc1. The summed E-state index contributed by atoms with van der Waals surface area (Å²) in [4.78, 5) is 0. The molecule has 0 aliphatic carbocycles. The first-order chi connectivity index (χ1) is 17.5. The summed E-state index contributed by atoms with van der Waals surface area (Å²) in [6, 6.07) is 36.2. The maximum Gasteiger partial charge on any atom is 4.00 e. The Morgan fingerprint density at radius 1 is 0.919 bits per heavy atom. The summed E-state index contributed by atoms with van der Waals surface area (Å²) in [5.74, 6) is 0. The van der Waals surface area contributed by atoms with E-state index in [1.807, 2.05) is 9.85 Å². The molecule has 0 saturated carbocycles. The molecule has 5 aromatic rings. The first kappa shape index (κ1) is 32.9. The molecule has 0 bridgehead atoms. The maximum absolute atomic E-state index is 3.60. The van der Waals surface area contributed by atoms with Crippen LogP contribution in [0.1, 0.15) is 52.0 Å². The van der Waals surface area contributed by atoms with E-state index in [0.29, 0.717) is 0 Å². The Balaban J connectivity index is 0.000000272. The second-order valence-electron chi connectivity index (χ2n) is 9.12. The third kappa shape index (κ3) is 11.8. The standard InChI is InChI=1S/C15H11.C10H9.C6H13Si.C4H9.Zr/c1-2-6-12(7-3-1)14-10-4-8-13-9-5-11-15(13)14;1-8-6-9-4-2-3-5-10(9)7-8;1-3-4-5-6(2)7;1-3-4-2;/h1-11H;2-7H,1H3;3H,4-5,7H2,1-2H3;1,3-4H2,2H3;/q4*-1;+4. The van der Waals surface area contributed by atoms with Crippen molar-refractivity contribution in [3.63, 3.8) is 0 Å². The van der Waals surface area contributed by atoms with Crippen LogP contribution in [0.25, 0.3) is 32.7 Å². The summed E-state index contributed by atoms with van der Waals surface area (Å²) in [7, 11) is 1.99. The van der Waals surface area contributed by atoms with E-state index in [2.05, 4.69) is 144 Å². The molecular formula is C35H42SiZr. The summed E-state index contributed by atoms with van der Waals surface area (Å²) < 4.78 is 0. The molecule has 2 heteroatoms. The van der Waals surface area contributed by atoms with Crippen molar-refractivity contribution in [3.05, 3.63) is 122 Å². The van der Waals surface area contributed by atoms with Crippen molar-refractivity contribution in [2.75, 3.05) is 0 Å². The van der Waals surface area contributed by atoms with E-state index in [4.69, 9.17) is 0 Å². The van der Waals surface area contributed by atoms with Gasteiger partial charge in [-0.3, -0.25) is 0 Å². The molecule has 0 spiro atoms. The maximum atomic E-state index is 3.60. The van der Waals surface area contributed by atoms with Gasteiger partial charge in [0.25, 0.3) is 0 Å². The third-order valence-electron chi connectivity index (χ3n) is 5.74. The van der Waals surface area contributed by atoms with Gasteiger partial charge >= 0.3 is 26.2 Å². The summed E-state index contributed by atoms with van der Waals surface area (Å²) in [6.07, 6.45) is 7.00. The average Bonchev–Trinajstić information content (AvgIpc) is 3.54. The summed E-state index contributed by atoms with van der Waals surface area (Å²) in [5, 5.41) is 6.90. The minimum Gasteiger partial charge on any atom is -0.343 e. The van der Waals surface area contributed by atoms with E-state index in [9.17, 15) is 0 Å². The predicted molar refractivity (Wildman–Crippen MR) is 168 cm³/mol. The molecule has 5 rings (SSSR count). The van der Waals surface area contributed by atoms with Gasteiger partial charge in [-0.15, -0.1) is 74.7 Å². The van der Waals surface area contributed by atoms with E-state index in [-0.39, 0.29) is 26.2 Å². The monoisotopic (exact) mass is 580 g/mol. The number of aryl methyl sites for hydroxylation is 1. The Kier molecular flexibility index (Phi) is 16.9. The van der Waals surface area contributed by atoms with E-state index in [1.165, 1.54) is 57.5 Å². The van der Waals surface area contributed by atoms with Gasteiger partial charge in [-0.1, -0.05) is 74.7 Å². The first-order valence-electron chi connectivity index (χ1n) is 13.0. The molecule has 37 heavy (non-hydrogen) atoms. The zero-order valence-corrected chi connectivity index (χ0v) is 27.0. The summed E-state index contributed by atoms with van der Waals surface area (Å²) in [5.41, 5.74) is 3.95. The van der Waals surface area contributed by atoms with E-state index >= 15 is 0 Å². The molecule has 0 atom stereocenters. The van der Waals surface area contributed by atoms with Crippen LogP contribution in [0, 0.1) is 20.3 Å². The third-order valence-corrected chi connectivity index (χ3v) is 6.09. The van der Waals surface area contributed by atoms with Gasteiger partial charge < -0.3 is 13.3 Å². The topological polar surface area (TPSA) is 0 Å². The Hall–Kier alpha value is -2.15. The molecule has 0 fully saturated rings. The molecule has 190 valence electrons. The molecule has 0 N–H and O–H groups in total.